The molecule has 2 aromatic heterocycles. The number of amides is 1. The van der Waals surface area contributed by atoms with Gasteiger partial charge in [-0.05, 0) is 61.4 Å². The van der Waals surface area contributed by atoms with Gasteiger partial charge in [0.2, 0.25) is 5.82 Å². The number of halogens is 3. The average Bonchev–Trinajstić information content (AvgIpc) is 3.36. The summed E-state index contributed by atoms with van der Waals surface area (Å²) in [6.45, 7) is 4.89. The van der Waals surface area contributed by atoms with Crippen LogP contribution < -0.4 is 61.8 Å². The van der Waals surface area contributed by atoms with E-state index in [-0.39, 0.29) is 91.8 Å². The van der Waals surface area contributed by atoms with Crippen LogP contribution in [0.3, 0.4) is 0 Å². The van der Waals surface area contributed by atoms with E-state index in [9.17, 15) is 27.9 Å². The van der Waals surface area contributed by atoms with Crippen LogP contribution in [0.5, 0.6) is 0 Å². The van der Waals surface area contributed by atoms with Crippen molar-refractivity contribution < 1.29 is 79.3 Å². The van der Waals surface area contributed by atoms with Crippen molar-refractivity contribution in [1.29, 1.82) is 0 Å². The van der Waals surface area contributed by atoms with E-state index in [2.05, 4.69) is 37.4 Å². The fourth-order valence-corrected chi connectivity index (χ4v) is 4.51. The molecule has 14 heteroatoms. The van der Waals surface area contributed by atoms with Crippen molar-refractivity contribution >= 4 is 23.2 Å². The number of carbonyl (C=O) groups excluding carboxylic acids is 2. The van der Waals surface area contributed by atoms with Crippen LogP contribution in [-0.2, 0) is 12.7 Å². The molecule has 216 valence electrons. The van der Waals surface area contributed by atoms with E-state index in [1.807, 2.05) is 11.9 Å². The molecule has 0 spiro atoms. The first-order valence-corrected chi connectivity index (χ1v) is 13.0. The van der Waals surface area contributed by atoms with Crippen LogP contribution >= 0.6 is 0 Å². The Morgan fingerprint density at radius 3 is 2.44 bits per heavy atom. The summed E-state index contributed by atoms with van der Waals surface area (Å²) < 4.78 is 43.1. The van der Waals surface area contributed by atoms with Gasteiger partial charge in [-0.2, -0.15) is 22.8 Å². The molecule has 1 aliphatic rings. The van der Waals surface area contributed by atoms with Crippen molar-refractivity contribution in [3.05, 3.63) is 87.9 Å². The fourth-order valence-electron chi connectivity index (χ4n) is 4.51. The van der Waals surface area contributed by atoms with Gasteiger partial charge in [-0.3, -0.25) is 9.69 Å². The maximum absolute atomic E-state index is 14.0. The zero-order valence-electron chi connectivity index (χ0n) is 23.7. The third kappa shape index (κ3) is 7.87. The third-order valence-electron chi connectivity index (χ3n) is 6.97. The van der Waals surface area contributed by atoms with Crippen molar-refractivity contribution in [2.45, 2.75) is 19.6 Å². The summed E-state index contributed by atoms with van der Waals surface area (Å²) in [4.78, 5) is 28.2. The quantitative estimate of drug-likeness (QED) is 0.230. The number of nitrogens with one attached hydrogen (secondary N) is 1. The minimum atomic E-state index is -4.58. The maximum Gasteiger partial charge on any atom is 1.00 e. The summed E-state index contributed by atoms with van der Waals surface area (Å²) in [7, 11) is 1.98. The Kier molecular flexibility index (Phi) is 10.4. The van der Waals surface area contributed by atoms with Crippen molar-refractivity contribution in [2.75, 3.05) is 38.5 Å². The number of hydrogen-bond donors (Lipinski definition) is 1. The Labute approximate surface area is 287 Å². The summed E-state index contributed by atoms with van der Waals surface area (Å²) in [5, 5.41) is 25.4. The predicted octanol–water partition coefficient (Wildman–Crippen LogP) is -0.781. The Morgan fingerprint density at radius 2 is 1.74 bits per heavy atom. The number of aromatic carboxylic acids is 1. The molecule has 4 aromatic rings. The van der Waals surface area contributed by atoms with E-state index in [1.165, 1.54) is 28.8 Å². The van der Waals surface area contributed by atoms with Gasteiger partial charge in [0.15, 0.2) is 5.65 Å². The van der Waals surface area contributed by atoms with Crippen molar-refractivity contribution in [2.24, 2.45) is 0 Å². The first kappa shape index (κ1) is 32.7. The number of carboxylic acids is 1. The van der Waals surface area contributed by atoms with Crippen molar-refractivity contribution in [1.82, 2.24) is 29.6 Å². The Morgan fingerprint density at radius 1 is 1.00 bits per heavy atom. The number of carbonyl (C=O) groups is 2. The number of likely N-dealkylation sites (N-methyl/N-ethyl adjacent to an activating group) is 1. The van der Waals surface area contributed by atoms with E-state index in [0.717, 1.165) is 30.9 Å². The molecule has 2 aromatic carbocycles. The minimum Gasteiger partial charge on any atom is -0.545 e. The molecule has 1 N–H and O–H groups in total. The molecule has 1 aliphatic heterocycles. The standard InChI is InChI=1S/C29H26F3N7O3.K/c1-18-3-4-20(13-19(18)6-8-25-35-36-26-14-22(28(41)42)16-33-39(25)26)27(40)34-23-7-5-21(24(15-23)29(30,31)32)17-38-11-9-37(2)10-12-38;/h3-5,7,13-16H,9-12,17H2,1-2H3,(H,34,40)(H,41,42);/q;+1/p-1. The Balaban J connectivity index is 0.00000423. The Hall–Kier alpha value is -3.16. The molecule has 43 heavy (non-hydrogen) atoms. The Bertz CT molecular complexity index is 1740. The molecule has 0 aliphatic carbocycles. The number of fused-ring (bicyclic) bond motifs is 1. The second-order valence-corrected chi connectivity index (χ2v) is 10.0. The van der Waals surface area contributed by atoms with Crippen LogP contribution in [0.25, 0.3) is 5.65 Å². The van der Waals surface area contributed by atoms with Crippen LogP contribution in [0.2, 0.25) is 0 Å². The van der Waals surface area contributed by atoms with Crippen LogP contribution in [0.1, 0.15) is 48.8 Å². The van der Waals surface area contributed by atoms with Gasteiger partial charge >= 0.3 is 57.6 Å². The van der Waals surface area contributed by atoms with E-state index < -0.39 is 23.6 Å². The molecule has 3 heterocycles. The summed E-state index contributed by atoms with van der Waals surface area (Å²) in [5.41, 5.74) is 0.828. The van der Waals surface area contributed by atoms with E-state index in [4.69, 9.17) is 0 Å². The van der Waals surface area contributed by atoms with Crippen LogP contribution in [0.4, 0.5) is 18.9 Å². The average molecular weight is 616 g/mol. The second-order valence-electron chi connectivity index (χ2n) is 10.0. The molecule has 1 amide bonds. The molecular weight excluding hydrogens is 590 g/mol. The minimum absolute atomic E-state index is 0. The first-order chi connectivity index (χ1) is 20.0. The number of benzene rings is 2. The molecule has 1 fully saturated rings. The summed E-state index contributed by atoms with van der Waals surface area (Å²) in [5.74, 6) is 3.85. The zero-order chi connectivity index (χ0) is 30.0. The van der Waals surface area contributed by atoms with Gasteiger partial charge in [-0.15, -0.1) is 10.2 Å². The topological polar surface area (TPSA) is 119 Å². The van der Waals surface area contributed by atoms with Gasteiger partial charge in [0, 0.05) is 55.1 Å². The monoisotopic (exact) mass is 615 g/mol. The molecule has 0 atom stereocenters. The van der Waals surface area contributed by atoms with Crippen LogP contribution in [0, 0.1) is 18.8 Å². The maximum atomic E-state index is 14.0. The first-order valence-electron chi connectivity index (χ1n) is 13.0. The van der Waals surface area contributed by atoms with Gasteiger partial charge in [0.1, 0.15) is 0 Å². The predicted molar refractivity (Wildman–Crippen MR) is 144 cm³/mol. The molecule has 0 bridgehead atoms. The molecule has 10 nitrogen and oxygen atoms in total. The van der Waals surface area contributed by atoms with E-state index >= 15 is 0 Å². The number of rotatable bonds is 5. The van der Waals surface area contributed by atoms with Gasteiger partial charge < -0.3 is 20.1 Å². The number of aromatic nitrogens is 4. The number of nitrogens with zero attached hydrogens (tertiary/aromatic N) is 6. The number of piperazine rings is 1. The summed E-state index contributed by atoms with van der Waals surface area (Å²) >= 11 is 0. The summed E-state index contributed by atoms with van der Waals surface area (Å²) in [6, 6.07) is 9.85. The fraction of sp³-hybridized carbons (Fsp3) is 0.276. The number of carboxylic acid groups (broad SMARTS) is 1. The molecular formula is C29H25F3KN7O3. The molecule has 0 saturated carbocycles. The molecule has 0 unspecified atom stereocenters. The molecule has 0 radical (unpaired) electrons. The van der Waals surface area contributed by atoms with Crippen LogP contribution in [0.15, 0.2) is 48.7 Å². The third-order valence-corrected chi connectivity index (χ3v) is 6.97. The SMILES string of the molecule is Cc1ccc(C(=O)Nc2ccc(CN3CCN(C)CC3)c(C(F)(F)F)c2)cc1C#Cc1nnc2cc(C(=O)[O-])cnn12.[K+]. The number of alkyl halides is 3. The van der Waals surface area contributed by atoms with Crippen LogP contribution in [-0.4, -0.2) is 74.7 Å². The van der Waals surface area contributed by atoms with Crippen molar-refractivity contribution in [3.63, 3.8) is 0 Å². The largest absolute Gasteiger partial charge is 1.00 e. The van der Waals surface area contributed by atoms with Gasteiger partial charge in [-0.1, -0.05) is 18.1 Å². The van der Waals surface area contributed by atoms with Gasteiger partial charge in [-0.25, -0.2) is 0 Å². The summed E-state index contributed by atoms with van der Waals surface area (Å²) in [6.07, 6.45) is -3.49. The van der Waals surface area contributed by atoms with Gasteiger partial charge in [0.05, 0.1) is 17.7 Å². The normalized spacial score (nSPS) is 14.1. The smallest absolute Gasteiger partial charge is 0.545 e. The second kappa shape index (κ2) is 13.6. The van der Waals surface area contributed by atoms with Crippen molar-refractivity contribution in [3.8, 4) is 11.8 Å². The number of aryl methyl sites for hydroxylation is 1. The number of hydrogen-bond acceptors (Lipinski definition) is 8. The van der Waals surface area contributed by atoms with Gasteiger partial charge in [0.25, 0.3) is 5.91 Å². The van der Waals surface area contributed by atoms with E-state index in [1.54, 1.807) is 19.1 Å². The molecule has 1 saturated heterocycles. The number of anilines is 1. The van der Waals surface area contributed by atoms with E-state index in [0.29, 0.717) is 18.7 Å². The zero-order valence-corrected chi connectivity index (χ0v) is 26.8. The molecule has 5 rings (SSSR count).